The first-order chi connectivity index (χ1) is 7.27. The highest BCUT2D eigenvalue weighted by molar-refractivity contribution is 5.99. The molecule has 3 heteroatoms. The molecule has 3 rings (SSSR count). The van der Waals surface area contributed by atoms with Crippen molar-refractivity contribution in [3.8, 4) is 0 Å². The Morgan fingerprint density at radius 2 is 2.13 bits per heavy atom. The zero-order chi connectivity index (χ0) is 10.4. The summed E-state index contributed by atoms with van der Waals surface area (Å²) in [5.74, 6) is 0.183. The van der Waals surface area contributed by atoms with Gasteiger partial charge >= 0.3 is 0 Å². The SMILES string of the molecule is NC1CCN2C(=O)c3ccccc3C2C1. The zero-order valence-corrected chi connectivity index (χ0v) is 8.52. The molecule has 2 aliphatic rings. The molecule has 2 atom stereocenters. The molecule has 0 saturated carbocycles. The van der Waals surface area contributed by atoms with Gasteiger partial charge in [0, 0.05) is 18.2 Å². The van der Waals surface area contributed by atoms with Crippen LogP contribution in [0.4, 0.5) is 0 Å². The third-order valence-corrected chi connectivity index (χ3v) is 3.45. The van der Waals surface area contributed by atoms with E-state index in [1.165, 1.54) is 0 Å². The lowest BCUT2D eigenvalue weighted by atomic mass is 9.94. The van der Waals surface area contributed by atoms with Crippen LogP contribution in [0, 0.1) is 0 Å². The Kier molecular flexibility index (Phi) is 1.83. The number of carbonyl (C=O) groups excluding carboxylic acids is 1. The van der Waals surface area contributed by atoms with Gasteiger partial charge in [0.2, 0.25) is 0 Å². The first kappa shape index (κ1) is 8.92. The Balaban J connectivity index is 2.06. The molecule has 0 spiro atoms. The second kappa shape index (κ2) is 3.07. The minimum absolute atomic E-state index is 0.183. The van der Waals surface area contributed by atoms with E-state index in [2.05, 4.69) is 6.07 Å². The molecular weight excluding hydrogens is 188 g/mol. The highest BCUT2D eigenvalue weighted by Gasteiger charge is 2.39. The fraction of sp³-hybridized carbons (Fsp3) is 0.417. The van der Waals surface area contributed by atoms with Crippen LogP contribution < -0.4 is 5.73 Å². The molecule has 0 bridgehead atoms. The summed E-state index contributed by atoms with van der Waals surface area (Å²) in [7, 11) is 0. The number of piperidine rings is 1. The number of hydrogen-bond acceptors (Lipinski definition) is 2. The lowest BCUT2D eigenvalue weighted by Gasteiger charge is -2.33. The zero-order valence-electron chi connectivity index (χ0n) is 8.52. The summed E-state index contributed by atoms with van der Waals surface area (Å²) >= 11 is 0. The van der Waals surface area contributed by atoms with Crippen molar-refractivity contribution in [3.63, 3.8) is 0 Å². The number of fused-ring (bicyclic) bond motifs is 3. The highest BCUT2D eigenvalue weighted by atomic mass is 16.2. The molecule has 0 radical (unpaired) electrons. The number of carbonyl (C=O) groups is 1. The Bertz CT molecular complexity index is 416. The van der Waals surface area contributed by atoms with Crippen molar-refractivity contribution in [3.05, 3.63) is 35.4 Å². The molecule has 78 valence electrons. The molecule has 0 aliphatic carbocycles. The lowest BCUT2D eigenvalue weighted by Crippen LogP contribution is -2.41. The summed E-state index contributed by atoms with van der Waals surface area (Å²) < 4.78 is 0. The lowest BCUT2D eigenvalue weighted by molar-refractivity contribution is 0.0655. The fourth-order valence-corrected chi connectivity index (χ4v) is 2.67. The van der Waals surface area contributed by atoms with E-state index in [1.807, 2.05) is 23.1 Å². The van der Waals surface area contributed by atoms with Crippen LogP contribution in [0.3, 0.4) is 0 Å². The number of hydrogen-bond donors (Lipinski definition) is 1. The second-order valence-corrected chi connectivity index (χ2v) is 4.39. The molecule has 2 aliphatic heterocycles. The van der Waals surface area contributed by atoms with Gasteiger partial charge in [-0.1, -0.05) is 18.2 Å². The standard InChI is InChI=1S/C12H14N2O/c13-8-5-6-14-11(7-8)9-3-1-2-4-10(9)12(14)15/h1-4,8,11H,5-7,13H2. The number of benzene rings is 1. The highest BCUT2D eigenvalue weighted by Crippen LogP contribution is 2.39. The fourth-order valence-electron chi connectivity index (χ4n) is 2.67. The minimum atomic E-state index is 0.183. The van der Waals surface area contributed by atoms with Gasteiger partial charge in [0.25, 0.3) is 5.91 Å². The summed E-state index contributed by atoms with van der Waals surface area (Å²) in [5, 5.41) is 0. The van der Waals surface area contributed by atoms with Crippen LogP contribution in [0.1, 0.15) is 34.8 Å². The maximum absolute atomic E-state index is 12.0. The molecule has 2 unspecified atom stereocenters. The quantitative estimate of drug-likeness (QED) is 0.689. The van der Waals surface area contributed by atoms with Gasteiger partial charge in [0.1, 0.15) is 0 Å². The molecule has 3 nitrogen and oxygen atoms in total. The van der Waals surface area contributed by atoms with Gasteiger partial charge in [-0.3, -0.25) is 4.79 Å². The van der Waals surface area contributed by atoms with Gasteiger partial charge in [-0.2, -0.15) is 0 Å². The Hall–Kier alpha value is -1.35. The van der Waals surface area contributed by atoms with Crippen molar-refractivity contribution in [2.75, 3.05) is 6.54 Å². The Morgan fingerprint density at radius 1 is 1.33 bits per heavy atom. The van der Waals surface area contributed by atoms with Crippen molar-refractivity contribution in [2.45, 2.75) is 24.9 Å². The average Bonchev–Trinajstić information content (AvgIpc) is 2.54. The molecule has 1 fully saturated rings. The Morgan fingerprint density at radius 3 is 3.00 bits per heavy atom. The van der Waals surface area contributed by atoms with E-state index in [9.17, 15) is 4.79 Å². The number of nitrogens with zero attached hydrogens (tertiary/aromatic N) is 1. The Labute approximate surface area is 88.9 Å². The summed E-state index contributed by atoms with van der Waals surface area (Å²) in [6.07, 6.45) is 1.83. The first-order valence-corrected chi connectivity index (χ1v) is 5.43. The van der Waals surface area contributed by atoms with Crippen molar-refractivity contribution in [1.29, 1.82) is 0 Å². The molecule has 2 N–H and O–H groups in total. The summed E-state index contributed by atoms with van der Waals surface area (Å²) in [4.78, 5) is 14.0. The maximum Gasteiger partial charge on any atom is 0.254 e. The molecule has 1 saturated heterocycles. The topological polar surface area (TPSA) is 46.3 Å². The van der Waals surface area contributed by atoms with E-state index >= 15 is 0 Å². The van der Waals surface area contributed by atoms with Gasteiger partial charge in [0.05, 0.1) is 6.04 Å². The third-order valence-electron chi connectivity index (χ3n) is 3.45. The van der Waals surface area contributed by atoms with E-state index in [0.717, 1.165) is 30.5 Å². The van der Waals surface area contributed by atoms with Gasteiger partial charge < -0.3 is 10.6 Å². The third kappa shape index (κ3) is 1.20. The average molecular weight is 202 g/mol. The normalized spacial score (nSPS) is 28.9. The predicted molar refractivity (Wildman–Crippen MR) is 57.4 cm³/mol. The molecule has 1 aromatic rings. The smallest absolute Gasteiger partial charge is 0.254 e. The number of amides is 1. The van der Waals surface area contributed by atoms with E-state index in [-0.39, 0.29) is 18.0 Å². The molecular formula is C12H14N2O. The van der Waals surface area contributed by atoms with E-state index < -0.39 is 0 Å². The largest absolute Gasteiger partial charge is 0.331 e. The second-order valence-electron chi connectivity index (χ2n) is 4.39. The molecule has 1 aromatic carbocycles. The predicted octanol–water partition coefficient (Wildman–Crippen LogP) is 1.30. The van der Waals surface area contributed by atoms with E-state index in [4.69, 9.17) is 5.73 Å². The van der Waals surface area contributed by atoms with Gasteiger partial charge in [0.15, 0.2) is 0 Å². The molecule has 15 heavy (non-hydrogen) atoms. The van der Waals surface area contributed by atoms with E-state index in [1.54, 1.807) is 0 Å². The first-order valence-electron chi connectivity index (χ1n) is 5.43. The van der Waals surface area contributed by atoms with Crippen LogP contribution in [0.15, 0.2) is 24.3 Å². The van der Waals surface area contributed by atoms with Crippen LogP contribution >= 0.6 is 0 Å². The van der Waals surface area contributed by atoms with Crippen LogP contribution in [-0.2, 0) is 0 Å². The summed E-state index contributed by atoms with van der Waals surface area (Å²) in [6, 6.07) is 8.37. The minimum Gasteiger partial charge on any atom is -0.331 e. The van der Waals surface area contributed by atoms with Gasteiger partial charge in [-0.05, 0) is 24.5 Å². The monoisotopic (exact) mass is 202 g/mol. The summed E-state index contributed by atoms with van der Waals surface area (Å²) in [5.41, 5.74) is 7.99. The van der Waals surface area contributed by atoms with E-state index in [0.29, 0.717) is 0 Å². The van der Waals surface area contributed by atoms with Crippen molar-refractivity contribution >= 4 is 5.91 Å². The maximum atomic E-state index is 12.0. The van der Waals surface area contributed by atoms with Crippen molar-refractivity contribution < 1.29 is 4.79 Å². The van der Waals surface area contributed by atoms with Crippen LogP contribution in [0.5, 0.6) is 0 Å². The van der Waals surface area contributed by atoms with Crippen molar-refractivity contribution in [2.24, 2.45) is 5.73 Å². The number of rotatable bonds is 0. The van der Waals surface area contributed by atoms with Gasteiger partial charge in [-0.15, -0.1) is 0 Å². The van der Waals surface area contributed by atoms with Gasteiger partial charge in [-0.25, -0.2) is 0 Å². The number of nitrogens with two attached hydrogens (primary N) is 1. The van der Waals surface area contributed by atoms with Crippen molar-refractivity contribution in [1.82, 2.24) is 4.90 Å². The van der Waals surface area contributed by atoms with Crippen LogP contribution in [0.25, 0.3) is 0 Å². The summed E-state index contributed by atoms with van der Waals surface area (Å²) in [6.45, 7) is 0.805. The molecule has 0 aromatic heterocycles. The van der Waals surface area contributed by atoms with Crippen LogP contribution in [0.2, 0.25) is 0 Å². The molecule has 2 heterocycles. The van der Waals surface area contributed by atoms with Crippen LogP contribution in [-0.4, -0.2) is 23.4 Å². The molecule has 1 amide bonds.